The van der Waals surface area contributed by atoms with Crippen molar-refractivity contribution in [3.05, 3.63) is 59.7 Å². The van der Waals surface area contributed by atoms with Crippen LogP contribution < -0.4 is 0 Å². The lowest BCUT2D eigenvalue weighted by molar-refractivity contribution is -0.136. The van der Waals surface area contributed by atoms with Crippen LogP contribution in [0.1, 0.15) is 5.56 Å². The highest BCUT2D eigenvalue weighted by atomic mass is 32.2. The lowest BCUT2D eigenvalue weighted by atomic mass is 10.1. The van der Waals surface area contributed by atoms with E-state index in [1.54, 1.807) is 12.1 Å². The normalized spacial score (nSPS) is 10.4. The Hall–Kier alpha value is -1.88. The highest BCUT2D eigenvalue weighted by Gasteiger charge is 2.09. The molecule has 2 aromatic carbocycles. The second kappa shape index (κ2) is 5.84. The van der Waals surface area contributed by atoms with Gasteiger partial charge in [-0.2, -0.15) is 0 Å². The van der Waals surface area contributed by atoms with Crippen LogP contribution in [-0.4, -0.2) is 11.1 Å². The molecule has 5 heteroatoms. The Morgan fingerprint density at radius 3 is 2.32 bits per heavy atom. The van der Waals surface area contributed by atoms with Crippen molar-refractivity contribution in [1.82, 2.24) is 0 Å². The molecule has 2 rings (SSSR count). The Morgan fingerprint density at radius 2 is 1.68 bits per heavy atom. The minimum absolute atomic E-state index is 0.177. The van der Waals surface area contributed by atoms with Crippen molar-refractivity contribution < 1.29 is 18.7 Å². The van der Waals surface area contributed by atoms with Gasteiger partial charge in [0.1, 0.15) is 11.6 Å². The van der Waals surface area contributed by atoms with E-state index in [4.69, 9.17) is 5.11 Å². The minimum Gasteiger partial charge on any atom is -0.481 e. The smallest absolute Gasteiger partial charge is 0.307 e. The molecule has 0 aliphatic heterocycles. The zero-order valence-electron chi connectivity index (χ0n) is 9.77. The molecule has 0 heterocycles. The molecular formula is C14H10F2O2S. The van der Waals surface area contributed by atoms with E-state index >= 15 is 0 Å². The standard InChI is InChI=1S/C14H10F2O2S/c15-10-3-5-12(6-4-10)19-13-8-11(16)2-1-9(13)7-14(17)18/h1-6,8H,7H2,(H,17,18). The molecule has 0 amide bonds. The fourth-order valence-electron chi connectivity index (χ4n) is 1.56. The van der Waals surface area contributed by atoms with Gasteiger partial charge in [0.15, 0.2) is 0 Å². The third kappa shape index (κ3) is 3.79. The molecule has 0 aliphatic carbocycles. The molecule has 0 atom stereocenters. The second-order valence-electron chi connectivity index (χ2n) is 3.88. The van der Waals surface area contributed by atoms with E-state index < -0.39 is 11.8 Å². The third-order valence-corrected chi connectivity index (χ3v) is 3.52. The van der Waals surface area contributed by atoms with E-state index in [1.807, 2.05) is 0 Å². The van der Waals surface area contributed by atoms with Gasteiger partial charge in [0, 0.05) is 9.79 Å². The van der Waals surface area contributed by atoms with Crippen LogP contribution in [0.5, 0.6) is 0 Å². The van der Waals surface area contributed by atoms with Crippen LogP contribution in [0.15, 0.2) is 52.3 Å². The summed E-state index contributed by atoms with van der Waals surface area (Å²) in [6.07, 6.45) is -0.177. The Balaban J connectivity index is 2.29. The molecule has 0 aromatic heterocycles. The second-order valence-corrected chi connectivity index (χ2v) is 4.99. The van der Waals surface area contributed by atoms with Crippen LogP contribution in [-0.2, 0) is 11.2 Å². The van der Waals surface area contributed by atoms with Gasteiger partial charge >= 0.3 is 5.97 Å². The van der Waals surface area contributed by atoms with Crippen LogP contribution in [0, 0.1) is 11.6 Å². The molecule has 0 saturated heterocycles. The summed E-state index contributed by atoms with van der Waals surface area (Å²) >= 11 is 1.21. The quantitative estimate of drug-likeness (QED) is 0.927. The van der Waals surface area contributed by atoms with Gasteiger partial charge in [-0.1, -0.05) is 17.8 Å². The minimum atomic E-state index is -0.979. The zero-order chi connectivity index (χ0) is 13.8. The first-order valence-electron chi connectivity index (χ1n) is 5.48. The Bertz CT molecular complexity index is 597. The molecule has 0 aliphatic rings. The largest absolute Gasteiger partial charge is 0.481 e. The van der Waals surface area contributed by atoms with Crippen LogP contribution in [0.3, 0.4) is 0 Å². The van der Waals surface area contributed by atoms with Crippen LogP contribution >= 0.6 is 11.8 Å². The number of carboxylic acids is 1. The summed E-state index contributed by atoms with van der Waals surface area (Å²) < 4.78 is 26.0. The lowest BCUT2D eigenvalue weighted by Crippen LogP contribution is -2.01. The average Bonchev–Trinajstić information content (AvgIpc) is 2.35. The summed E-state index contributed by atoms with van der Waals surface area (Å²) in [6, 6.07) is 9.70. The van der Waals surface area contributed by atoms with Crippen molar-refractivity contribution in [2.24, 2.45) is 0 Å². The summed E-state index contributed by atoms with van der Waals surface area (Å²) in [5.41, 5.74) is 0.531. The first kappa shape index (κ1) is 13.5. The SMILES string of the molecule is O=C(O)Cc1ccc(F)cc1Sc1ccc(F)cc1. The van der Waals surface area contributed by atoms with E-state index in [1.165, 1.54) is 42.1 Å². The van der Waals surface area contributed by atoms with Crippen molar-refractivity contribution in [3.8, 4) is 0 Å². The van der Waals surface area contributed by atoms with Crippen LogP contribution in [0.25, 0.3) is 0 Å². The maximum atomic E-state index is 13.2. The molecular weight excluding hydrogens is 270 g/mol. The third-order valence-electron chi connectivity index (χ3n) is 2.41. The van der Waals surface area contributed by atoms with Crippen LogP contribution in [0.4, 0.5) is 8.78 Å². The molecule has 0 spiro atoms. The molecule has 0 fully saturated rings. The Morgan fingerprint density at radius 1 is 1.05 bits per heavy atom. The number of halogens is 2. The van der Waals surface area contributed by atoms with Gasteiger partial charge in [-0.3, -0.25) is 4.79 Å². The molecule has 98 valence electrons. The van der Waals surface area contributed by atoms with E-state index in [9.17, 15) is 13.6 Å². The van der Waals surface area contributed by atoms with Crippen molar-refractivity contribution in [2.45, 2.75) is 16.2 Å². The first-order chi connectivity index (χ1) is 9.04. The number of rotatable bonds is 4. The highest BCUT2D eigenvalue weighted by molar-refractivity contribution is 7.99. The topological polar surface area (TPSA) is 37.3 Å². The van der Waals surface area contributed by atoms with Gasteiger partial charge in [-0.15, -0.1) is 0 Å². The summed E-state index contributed by atoms with van der Waals surface area (Å²) in [7, 11) is 0. The van der Waals surface area contributed by atoms with E-state index in [-0.39, 0.29) is 12.2 Å². The van der Waals surface area contributed by atoms with Gasteiger partial charge in [0.25, 0.3) is 0 Å². The number of carboxylic acid groups (broad SMARTS) is 1. The molecule has 0 radical (unpaired) electrons. The first-order valence-corrected chi connectivity index (χ1v) is 6.30. The Labute approximate surface area is 113 Å². The van der Waals surface area contributed by atoms with E-state index in [0.29, 0.717) is 10.5 Å². The van der Waals surface area contributed by atoms with Gasteiger partial charge < -0.3 is 5.11 Å². The number of hydrogen-bond acceptors (Lipinski definition) is 2. The summed E-state index contributed by atoms with van der Waals surface area (Å²) in [4.78, 5) is 12.0. The van der Waals surface area contributed by atoms with E-state index in [0.717, 1.165) is 4.90 Å². The molecule has 0 saturated carbocycles. The highest BCUT2D eigenvalue weighted by Crippen LogP contribution is 2.31. The molecule has 2 nitrogen and oxygen atoms in total. The van der Waals surface area contributed by atoms with Crippen molar-refractivity contribution >= 4 is 17.7 Å². The molecule has 0 unspecified atom stereocenters. The Kier molecular flexibility index (Phi) is 4.16. The molecule has 1 N–H and O–H groups in total. The van der Waals surface area contributed by atoms with Gasteiger partial charge in [-0.25, -0.2) is 8.78 Å². The van der Waals surface area contributed by atoms with E-state index in [2.05, 4.69) is 0 Å². The van der Waals surface area contributed by atoms with Gasteiger partial charge in [0.05, 0.1) is 6.42 Å². The maximum Gasteiger partial charge on any atom is 0.307 e. The molecule has 2 aromatic rings. The maximum absolute atomic E-state index is 13.2. The predicted octanol–water partition coefficient (Wildman–Crippen LogP) is 3.74. The summed E-state index contributed by atoms with van der Waals surface area (Å²) in [5.74, 6) is -1.76. The number of carbonyl (C=O) groups is 1. The van der Waals surface area contributed by atoms with Crippen molar-refractivity contribution in [1.29, 1.82) is 0 Å². The summed E-state index contributed by atoms with van der Waals surface area (Å²) in [6.45, 7) is 0. The fourth-order valence-corrected chi connectivity index (χ4v) is 2.53. The monoisotopic (exact) mass is 280 g/mol. The van der Waals surface area contributed by atoms with Crippen LogP contribution in [0.2, 0.25) is 0 Å². The average molecular weight is 280 g/mol. The predicted molar refractivity (Wildman–Crippen MR) is 68.3 cm³/mol. The molecule has 19 heavy (non-hydrogen) atoms. The van der Waals surface area contributed by atoms with Crippen molar-refractivity contribution in [3.63, 3.8) is 0 Å². The van der Waals surface area contributed by atoms with Gasteiger partial charge in [-0.05, 0) is 42.0 Å². The molecule has 0 bridgehead atoms. The lowest BCUT2D eigenvalue weighted by Gasteiger charge is -2.07. The zero-order valence-corrected chi connectivity index (χ0v) is 10.6. The number of benzene rings is 2. The fraction of sp³-hybridized carbons (Fsp3) is 0.0714. The number of hydrogen-bond donors (Lipinski definition) is 1. The van der Waals surface area contributed by atoms with Crippen molar-refractivity contribution in [2.75, 3.05) is 0 Å². The van der Waals surface area contributed by atoms with Gasteiger partial charge in [0.2, 0.25) is 0 Å². The number of aliphatic carboxylic acids is 1. The summed E-state index contributed by atoms with van der Waals surface area (Å²) in [5, 5.41) is 8.81.